The van der Waals surface area contributed by atoms with Crippen LogP contribution in [0.15, 0.2) is 34.3 Å². The van der Waals surface area contributed by atoms with E-state index in [0.717, 1.165) is 35.3 Å². The molecule has 1 aromatic rings. The van der Waals surface area contributed by atoms with E-state index in [2.05, 4.69) is 25.8 Å². The summed E-state index contributed by atoms with van der Waals surface area (Å²) in [5, 5.41) is 11.7. The number of benzene rings is 1. The van der Waals surface area contributed by atoms with E-state index in [1.54, 1.807) is 23.9 Å². The summed E-state index contributed by atoms with van der Waals surface area (Å²) in [4.78, 5) is 19.0. The zero-order valence-electron chi connectivity index (χ0n) is 11.0. The number of non-ortho nitro benzene ring substituents is 1. The molecule has 0 atom stereocenters. The highest BCUT2D eigenvalue weighted by Crippen LogP contribution is 2.27. The lowest BCUT2D eigenvalue weighted by atomic mass is 10.2. The van der Waals surface area contributed by atoms with Gasteiger partial charge in [-0.2, -0.15) is 0 Å². The number of amidine groups is 1. The molecule has 1 aromatic carbocycles. The number of halogens is 1. The third-order valence-electron chi connectivity index (χ3n) is 2.89. The molecule has 0 aliphatic carbocycles. The van der Waals surface area contributed by atoms with Crippen LogP contribution < -0.4 is 0 Å². The third kappa shape index (κ3) is 3.61. The number of aliphatic imine (C=N–C) groups is 1. The summed E-state index contributed by atoms with van der Waals surface area (Å²) < 4.78 is 0. The summed E-state index contributed by atoms with van der Waals surface area (Å²) in [5.74, 6) is 1.01. The minimum absolute atomic E-state index is 0.101. The molecular weight excluding hydrogens is 342 g/mol. The van der Waals surface area contributed by atoms with E-state index in [1.165, 1.54) is 6.07 Å². The van der Waals surface area contributed by atoms with Crippen LogP contribution in [-0.4, -0.2) is 33.8 Å². The third-order valence-corrected chi connectivity index (χ3v) is 4.25. The maximum atomic E-state index is 10.7. The second-order valence-corrected chi connectivity index (χ2v) is 5.87. The molecule has 106 valence electrons. The fraction of sp³-hybridized carbons (Fsp3) is 0.308. The number of thioether (sulfide) groups is 1. The van der Waals surface area contributed by atoms with Crippen LogP contribution in [0.3, 0.4) is 0 Å². The van der Waals surface area contributed by atoms with Gasteiger partial charge < -0.3 is 4.90 Å². The average Bonchev–Trinajstić information content (AvgIpc) is 2.85. The average molecular weight is 356 g/mol. The standard InChI is InChI=1S/C13H14BrN3O2S/c1-10-9-11(17(18)19)3-4-12(10)15-13-16(6-2-5-14)7-8-20-13/h2-5,9H,6-8H2,1H3/b5-2+,15-13-. The first-order chi connectivity index (χ1) is 9.61. The van der Waals surface area contributed by atoms with Crippen LogP contribution in [-0.2, 0) is 0 Å². The smallest absolute Gasteiger partial charge is 0.269 e. The zero-order chi connectivity index (χ0) is 14.5. The van der Waals surface area contributed by atoms with E-state index in [4.69, 9.17) is 0 Å². The van der Waals surface area contributed by atoms with Crippen LogP contribution in [0, 0.1) is 17.0 Å². The van der Waals surface area contributed by atoms with E-state index >= 15 is 0 Å². The molecule has 1 aliphatic heterocycles. The molecule has 0 amide bonds. The van der Waals surface area contributed by atoms with Crippen molar-refractivity contribution >= 4 is 44.2 Å². The second kappa shape index (κ2) is 6.90. The van der Waals surface area contributed by atoms with Crippen molar-refractivity contribution in [2.45, 2.75) is 6.92 Å². The van der Waals surface area contributed by atoms with E-state index < -0.39 is 0 Å². The van der Waals surface area contributed by atoms with Crippen molar-refractivity contribution in [3.8, 4) is 0 Å². The zero-order valence-corrected chi connectivity index (χ0v) is 13.4. The first-order valence-electron chi connectivity index (χ1n) is 6.08. The summed E-state index contributed by atoms with van der Waals surface area (Å²) in [6.45, 7) is 3.62. The monoisotopic (exact) mass is 355 g/mol. The lowest BCUT2D eigenvalue weighted by molar-refractivity contribution is -0.384. The summed E-state index contributed by atoms with van der Waals surface area (Å²) in [7, 11) is 0. The normalized spacial score (nSPS) is 17.3. The Bertz CT molecular complexity index is 575. The second-order valence-electron chi connectivity index (χ2n) is 4.28. The van der Waals surface area contributed by atoms with E-state index in [-0.39, 0.29) is 10.6 Å². The molecule has 0 bridgehead atoms. The maximum absolute atomic E-state index is 10.7. The van der Waals surface area contributed by atoms with Crippen molar-refractivity contribution in [3.63, 3.8) is 0 Å². The SMILES string of the molecule is Cc1cc([N+](=O)[O-])ccc1/N=C1\SCCN1C/C=C/Br. The minimum Gasteiger partial charge on any atom is -0.347 e. The van der Waals surface area contributed by atoms with Crippen molar-refractivity contribution < 1.29 is 4.92 Å². The molecule has 0 N–H and O–H groups in total. The number of nitrogens with zero attached hydrogens (tertiary/aromatic N) is 3. The first-order valence-corrected chi connectivity index (χ1v) is 7.98. The predicted octanol–water partition coefficient (Wildman–Crippen LogP) is 3.85. The van der Waals surface area contributed by atoms with Crippen LogP contribution in [0.25, 0.3) is 0 Å². The van der Waals surface area contributed by atoms with Crippen LogP contribution >= 0.6 is 27.7 Å². The lowest BCUT2D eigenvalue weighted by Crippen LogP contribution is -2.24. The lowest BCUT2D eigenvalue weighted by Gasteiger charge is -2.15. The Hall–Kier alpha value is -1.34. The summed E-state index contributed by atoms with van der Waals surface area (Å²) >= 11 is 4.97. The molecule has 1 aliphatic rings. The van der Waals surface area contributed by atoms with Crippen molar-refractivity contribution in [2.75, 3.05) is 18.8 Å². The molecule has 0 saturated carbocycles. The molecule has 1 heterocycles. The minimum atomic E-state index is -0.388. The van der Waals surface area contributed by atoms with E-state index in [1.807, 2.05) is 18.0 Å². The van der Waals surface area contributed by atoms with Gasteiger partial charge in [0.1, 0.15) is 0 Å². The molecule has 2 rings (SSSR count). The molecular formula is C13H14BrN3O2S. The molecule has 7 heteroatoms. The molecule has 0 radical (unpaired) electrons. The highest BCUT2D eigenvalue weighted by molar-refractivity contribution is 9.11. The fourth-order valence-corrected chi connectivity index (χ4v) is 3.03. The van der Waals surface area contributed by atoms with Gasteiger partial charge in [0.15, 0.2) is 5.17 Å². The first kappa shape index (κ1) is 15.1. The van der Waals surface area contributed by atoms with Crippen LogP contribution in [0.4, 0.5) is 11.4 Å². The topological polar surface area (TPSA) is 58.7 Å². The highest BCUT2D eigenvalue weighted by atomic mass is 79.9. The fourth-order valence-electron chi connectivity index (χ4n) is 1.86. The number of rotatable bonds is 4. The van der Waals surface area contributed by atoms with E-state index in [0.29, 0.717) is 0 Å². The number of hydrogen-bond donors (Lipinski definition) is 0. The number of aryl methyl sites for hydroxylation is 1. The van der Waals surface area contributed by atoms with Crippen molar-refractivity contribution in [2.24, 2.45) is 4.99 Å². The highest BCUT2D eigenvalue weighted by Gasteiger charge is 2.18. The maximum Gasteiger partial charge on any atom is 0.269 e. The number of hydrogen-bond acceptors (Lipinski definition) is 4. The molecule has 0 unspecified atom stereocenters. The molecule has 1 fully saturated rings. The largest absolute Gasteiger partial charge is 0.347 e. The summed E-state index contributed by atoms with van der Waals surface area (Å²) in [5.41, 5.74) is 1.70. The van der Waals surface area contributed by atoms with Crippen LogP contribution in [0.1, 0.15) is 5.56 Å². The van der Waals surface area contributed by atoms with Gasteiger partial charge in [0.25, 0.3) is 5.69 Å². The van der Waals surface area contributed by atoms with Crippen molar-refractivity contribution in [1.29, 1.82) is 0 Å². The van der Waals surface area contributed by atoms with Gasteiger partial charge in [0, 0.05) is 31.0 Å². The summed E-state index contributed by atoms with van der Waals surface area (Å²) in [6.07, 6.45) is 2.02. The van der Waals surface area contributed by atoms with Crippen LogP contribution in [0.2, 0.25) is 0 Å². The van der Waals surface area contributed by atoms with Gasteiger partial charge in [-0.25, -0.2) is 4.99 Å². The van der Waals surface area contributed by atoms with E-state index in [9.17, 15) is 10.1 Å². The van der Waals surface area contributed by atoms with Gasteiger partial charge in [-0.1, -0.05) is 33.8 Å². The Morgan fingerprint density at radius 3 is 3.05 bits per heavy atom. The van der Waals surface area contributed by atoms with Gasteiger partial charge in [-0.15, -0.1) is 0 Å². The molecule has 0 aromatic heterocycles. The Labute approximate surface area is 130 Å². The molecule has 20 heavy (non-hydrogen) atoms. The Kier molecular flexibility index (Phi) is 5.19. The predicted molar refractivity (Wildman–Crippen MR) is 87.0 cm³/mol. The molecule has 5 nitrogen and oxygen atoms in total. The number of nitro groups is 1. The quantitative estimate of drug-likeness (QED) is 0.607. The van der Waals surface area contributed by atoms with Crippen molar-refractivity contribution in [1.82, 2.24) is 4.90 Å². The van der Waals surface area contributed by atoms with Gasteiger partial charge in [-0.3, -0.25) is 10.1 Å². The van der Waals surface area contributed by atoms with Gasteiger partial charge in [-0.05, 0) is 23.5 Å². The Morgan fingerprint density at radius 1 is 1.60 bits per heavy atom. The molecule has 0 spiro atoms. The van der Waals surface area contributed by atoms with Gasteiger partial charge in [0.2, 0.25) is 0 Å². The van der Waals surface area contributed by atoms with Crippen molar-refractivity contribution in [3.05, 3.63) is 44.9 Å². The van der Waals surface area contributed by atoms with Crippen LogP contribution in [0.5, 0.6) is 0 Å². The Balaban J connectivity index is 2.23. The van der Waals surface area contributed by atoms with Gasteiger partial charge >= 0.3 is 0 Å². The summed E-state index contributed by atoms with van der Waals surface area (Å²) in [6, 6.07) is 4.76. The Morgan fingerprint density at radius 2 is 2.40 bits per heavy atom. The number of nitro benzene ring substituents is 1. The van der Waals surface area contributed by atoms with Gasteiger partial charge in [0.05, 0.1) is 10.6 Å². The molecule has 1 saturated heterocycles.